The van der Waals surface area contributed by atoms with Crippen molar-refractivity contribution in [1.29, 1.82) is 0 Å². The van der Waals surface area contributed by atoms with Crippen molar-refractivity contribution in [3.05, 3.63) is 47.7 Å². The van der Waals surface area contributed by atoms with Gasteiger partial charge in [-0.05, 0) is 36.6 Å². The van der Waals surface area contributed by atoms with E-state index in [1.165, 1.54) is 6.07 Å². The van der Waals surface area contributed by atoms with E-state index in [1.54, 1.807) is 24.3 Å². The third-order valence-corrected chi connectivity index (χ3v) is 5.55. The topological polar surface area (TPSA) is 70.2 Å². The zero-order valence-corrected chi connectivity index (χ0v) is 15.7. The molecule has 6 nitrogen and oxygen atoms in total. The molecule has 5 rings (SSSR count). The average molecular weight is 398 g/mol. The second-order valence-electron chi connectivity index (χ2n) is 7.52. The van der Waals surface area contributed by atoms with E-state index in [4.69, 9.17) is 4.74 Å². The van der Waals surface area contributed by atoms with Crippen molar-refractivity contribution in [3.63, 3.8) is 0 Å². The number of nitrogens with zero attached hydrogens (tertiary/aromatic N) is 2. The first-order valence-corrected chi connectivity index (χ1v) is 9.71. The maximum Gasteiger partial charge on any atom is 0.272 e. The SMILES string of the molecule is O=C(NC1COC1)c1n[nH]c2ccc(-c3cc(N4CCCC4)cc(F)c3F)cc12. The van der Waals surface area contributed by atoms with Crippen LogP contribution >= 0.6 is 0 Å². The van der Waals surface area contributed by atoms with Crippen LogP contribution in [0.5, 0.6) is 0 Å². The van der Waals surface area contributed by atoms with Crippen LogP contribution in [0, 0.1) is 11.6 Å². The van der Waals surface area contributed by atoms with Gasteiger partial charge in [0.1, 0.15) is 0 Å². The number of anilines is 1. The Kier molecular flexibility index (Phi) is 4.43. The van der Waals surface area contributed by atoms with E-state index in [0.717, 1.165) is 25.9 Å². The molecule has 150 valence electrons. The Bertz CT molecular complexity index is 1090. The first-order valence-electron chi connectivity index (χ1n) is 9.71. The molecule has 0 bridgehead atoms. The summed E-state index contributed by atoms with van der Waals surface area (Å²) in [6.07, 6.45) is 2.08. The molecule has 0 saturated carbocycles. The lowest BCUT2D eigenvalue weighted by Gasteiger charge is -2.26. The number of nitrogens with one attached hydrogen (secondary N) is 2. The van der Waals surface area contributed by atoms with Crippen LogP contribution in [0.2, 0.25) is 0 Å². The van der Waals surface area contributed by atoms with Crippen LogP contribution in [0.3, 0.4) is 0 Å². The molecule has 0 unspecified atom stereocenters. The Balaban J connectivity index is 1.54. The van der Waals surface area contributed by atoms with E-state index in [0.29, 0.717) is 35.4 Å². The highest BCUT2D eigenvalue weighted by molar-refractivity contribution is 6.05. The maximum atomic E-state index is 14.7. The van der Waals surface area contributed by atoms with Gasteiger partial charge in [-0.1, -0.05) is 6.07 Å². The van der Waals surface area contributed by atoms with Gasteiger partial charge >= 0.3 is 0 Å². The van der Waals surface area contributed by atoms with Crippen molar-refractivity contribution in [2.45, 2.75) is 18.9 Å². The van der Waals surface area contributed by atoms with Crippen LogP contribution in [0.25, 0.3) is 22.0 Å². The normalized spacial score (nSPS) is 17.0. The minimum atomic E-state index is -0.895. The lowest BCUT2D eigenvalue weighted by atomic mass is 10.0. The smallest absolute Gasteiger partial charge is 0.272 e. The molecule has 0 radical (unpaired) electrons. The van der Waals surface area contributed by atoms with Crippen LogP contribution in [0.1, 0.15) is 23.3 Å². The van der Waals surface area contributed by atoms with Crippen molar-refractivity contribution >= 4 is 22.5 Å². The molecule has 0 atom stereocenters. The van der Waals surface area contributed by atoms with Crippen LogP contribution in [0.15, 0.2) is 30.3 Å². The van der Waals surface area contributed by atoms with Gasteiger partial charge in [0.2, 0.25) is 0 Å². The van der Waals surface area contributed by atoms with Gasteiger partial charge in [-0.2, -0.15) is 5.10 Å². The number of aromatic nitrogens is 2. The zero-order valence-electron chi connectivity index (χ0n) is 15.7. The fourth-order valence-electron chi connectivity index (χ4n) is 3.87. The summed E-state index contributed by atoms with van der Waals surface area (Å²) in [6.45, 7) is 2.63. The summed E-state index contributed by atoms with van der Waals surface area (Å²) in [4.78, 5) is 14.6. The van der Waals surface area contributed by atoms with Crippen molar-refractivity contribution in [2.24, 2.45) is 0 Å². The third-order valence-electron chi connectivity index (χ3n) is 5.55. The second-order valence-corrected chi connectivity index (χ2v) is 7.52. The Morgan fingerprint density at radius 3 is 2.69 bits per heavy atom. The third kappa shape index (κ3) is 3.23. The van der Waals surface area contributed by atoms with E-state index in [1.807, 2.05) is 0 Å². The lowest BCUT2D eigenvalue weighted by molar-refractivity contribution is -0.00352. The number of fused-ring (bicyclic) bond motifs is 1. The molecule has 0 spiro atoms. The number of carbonyl (C=O) groups is 1. The highest BCUT2D eigenvalue weighted by Gasteiger charge is 2.24. The van der Waals surface area contributed by atoms with Crippen molar-refractivity contribution in [2.75, 3.05) is 31.2 Å². The standard InChI is InChI=1S/C21H20F2N4O2/c22-17-9-14(27-5-1-2-6-27)8-15(19(17)23)12-3-4-18-16(7-12)20(26-25-18)21(28)24-13-10-29-11-13/h3-4,7-9,13H,1-2,5-6,10-11H2,(H,24,28)(H,25,26). The fourth-order valence-corrected chi connectivity index (χ4v) is 3.87. The van der Waals surface area contributed by atoms with E-state index in [2.05, 4.69) is 20.4 Å². The second kappa shape index (κ2) is 7.11. The summed E-state index contributed by atoms with van der Waals surface area (Å²) in [5.74, 6) is -2.09. The molecule has 3 heterocycles. The van der Waals surface area contributed by atoms with Crippen molar-refractivity contribution in [3.8, 4) is 11.1 Å². The number of aromatic amines is 1. The number of halogens is 2. The molecule has 2 aromatic carbocycles. The van der Waals surface area contributed by atoms with Crippen LogP contribution < -0.4 is 10.2 Å². The van der Waals surface area contributed by atoms with Crippen molar-refractivity contribution < 1.29 is 18.3 Å². The quantitative estimate of drug-likeness (QED) is 0.708. The highest BCUT2D eigenvalue weighted by Crippen LogP contribution is 2.33. The van der Waals surface area contributed by atoms with E-state index in [9.17, 15) is 13.6 Å². The Hall–Kier alpha value is -3.00. The number of ether oxygens (including phenoxy) is 1. The molecule has 3 aromatic rings. The predicted octanol–water partition coefficient (Wildman–Crippen LogP) is 3.24. The molecule has 1 aromatic heterocycles. The first kappa shape index (κ1) is 18.1. The maximum absolute atomic E-state index is 14.7. The van der Waals surface area contributed by atoms with Crippen LogP contribution in [-0.4, -0.2) is 48.4 Å². The molecule has 1 amide bonds. The summed E-state index contributed by atoms with van der Waals surface area (Å²) >= 11 is 0. The zero-order chi connectivity index (χ0) is 20.0. The van der Waals surface area contributed by atoms with Crippen LogP contribution in [-0.2, 0) is 4.74 Å². The molecule has 0 aliphatic carbocycles. The van der Waals surface area contributed by atoms with Crippen molar-refractivity contribution in [1.82, 2.24) is 15.5 Å². The Morgan fingerprint density at radius 1 is 1.17 bits per heavy atom. The first-order chi connectivity index (χ1) is 14.1. The summed E-state index contributed by atoms with van der Waals surface area (Å²) in [6, 6.07) is 8.00. The van der Waals surface area contributed by atoms with E-state index >= 15 is 0 Å². The number of benzene rings is 2. The number of amides is 1. The van der Waals surface area contributed by atoms with Gasteiger partial charge in [0, 0.05) is 35.8 Å². The largest absolute Gasteiger partial charge is 0.377 e. The predicted molar refractivity (Wildman–Crippen MR) is 105 cm³/mol. The molecular formula is C21H20F2N4O2. The molecule has 2 aliphatic rings. The molecule has 8 heteroatoms. The lowest BCUT2D eigenvalue weighted by Crippen LogP contribution is -2.48. The highest BCUT2D eigenvalue weighted by atomic mass is 19.2. The number of rotatable bonds is 4. The number of hydrogen-bond donors (Lipinski definition) is 2. The molecular weight excluding hydrogens is 378 g/mol. The average Bonchev–Trinajstić information content (AvgIpc) is 3.36. The van der Waals surface area contributed by atoms with Gasteiger partial charge in [-0.15, -0.1) is 0 Å². The molecule has 2 N–H and O–H groups in total. The Labute approximate surface area is 165 Å². The van der Waals surface area contributed by atoms with Gasteiger partial charge in [0.05, 0.1) is 24.8 Å². The van der Waals surface area contributed by atoms with Gasteiger partial charge in [0.25, 0.3) is 5.91 Å². The van der Waals surface area contributed by atoms with Gasteiger partial charge in [-0.3, -0.25) is 9.89 Å². The molecule has 2 saturated heterocycles. The number of carbonyl (C=O) groups excluding carboxylic acids is 1. The van der Waals surface area contributed by atoms with Gasteiger partial charge in [0.15, 0.2) is 17.3 Å². The summed E-state index contributed by atoms with van der Waals surface area (Å²) in [5.41, 5.74) is 2.23. The van der Waals surface area contributed by atoms with E-state index in [-0.39, 0.29) is 23.2 Å². The minimum absolute atomic E-state index is 0.0267. The van der Waals surface area contributed by atoms with Crippen LogP contribution in [0.4, 0.5) is 14.5 Å². The Morgan fingerprint density at radius 2 is 1.97 bits per heavy atom. The molecule has 2 fully saturated rings. The monoisotopic (exact) mass is 398 g/mol. The summed E-state index contributed by atoms with van der Waals surface area (Å²) < 4.78 is 34.1. The minimum Gasteiger partial charge on any atom is -0.377 e. The number of H-pyrrole nitrogens is 1. The number of hydrogen-bond acceptors (Lipinski definition) is 4. The van der Waals surface area contributed by atoms with Gasteiger partial charge < -0.3 is 15.0 Å². The summed E-state index contributed by atoms with van der Waals surface area (Å²) in [7, 11) is 0. The van der Waals surface area contributed by atoms with E-state index < -0.39 is 11.6 Å². The molecule has 29 heavy (non-hydrogen) atoms. The molecule has 2 aliphatic heterocycles. The van der Waals surface area contributed by atoms with Gasteiger partial charge in [-0.25, -0.2) is 8.78 Å². The summed E-state index contributed by atoms with van der Waals surface area (Å²) in [5, 5.41) is 10.3. The fraction of sp³-hybridized carbons (Fsp3) is 0.333.